The third-order valence-corrected chi connectivity index (χ3v) is 4.31. The number of methoxy groups -OCH3 is 2. The standard InChI is InChI=1S/C21H23N5O5/c1-26(2)20(27)12-24-21(28)25-19-6-5-13(11-23-19)31-16-7-8-22-15-10-18(30-4)17(29-3)9-14(15)16/h5-11H,12H2,1-4H3,(H2,23,24,25,28). The summed E-state index contributed by atoms with van der Waals surface area (Å²) in [5, 5.41) is 5.77. The lowest BCUT2D eigenvalue weighted by atomic mass is 10.2. The number of aromatic nitrogens is 2. The van der Waals surface area contributed by atoms with Gasteiger partial charge in [0.25, 0.3) is 0 Å². The number of carbonyl (C=O) groups excluding carboxylic acids is 2. The van der Waals surface area contributed by atoms with Gasteiger partial charge in [-0.1, -0.05) is 0 Å². The zero-order valence-electron chi connectivity index (χ0n) is 17.6. The Morgan fingerprint density at radius 3 is 2.39 bits per heavy atom. The quantitative estimate of drug-likeness (QED) is 0.598. The maximum absolute atomic E-state index is 11.9. The van der Waals surface area contributed by atoms with Gasteiger partial charge in [-0.3, -0.25) is 15.1 Å². The smallest absolute Gasteiger partial charge is 0.320 e. The minimum absolute atomic E-state index is 0.108. The second-order valence-electron chi connectivity index (χ2n) is 6.61. The molecule has 162 valence electrons. The van der Waals surface area contributed by atoms with Gasteiger partial charge >= 0.3 is 6.03 Å². The fourth-order valence-corrected chi connectivity index (χ4v) is 2.65. The SMILES string of the molecule is COc1cc2nccc(Oc3ccc(NC(=O)NCC(=O)N(C)C)nc3)c2cc1OC. The number of ether oxygens (including phenoxy) is 3. The molecular weight excluding hydrogens is 402 g/mol. The number of rotatable bonds is 7. The molecule has 0 radical (unpaired) electrons. The van der Waals surface area contributed by atoms with Gasteiger partial charge in [-0.2, -0.15) is 0 Å². The molecule has 31 heavy (non-hydrogen) atoms. The first-order valence-electron chi connectivity index (χ1n) is 9.31. The molecule has 10 heteroatoms. The van der Waals surface area contributed by atoms with Gasteiger partial charge in [-0.05, 0) is 24.3 Å². The molecule has 0 spiro atoms. The van der Waals surface area contributed by atoms with E-state index in [1.165, 1.54) is 11.1 Å². The number of fused-ring (bicyclic) bond motifs is 1. The summed E-state index contributed by atoms with van der Waals surface area (Å²) in [6.45, 7) is -0.108. The first-order chi connectivity index (χ1) is 14.9. The van der Waals surface area contributed by atoms with E-state index in [0.717, 1.165) is 5.39 Å². The third-order valence-electron chi connectivity index (χ3n) is 4.31. The monoisotopic (exact) mass is 425 g/mol. The molecular formula is C21H23N5O5. The molecule has 0 bridgehead atoms. The van der Waals surface area contributed by atoms with Crippen molar-refractivity contribution in [3.05, 3.63) is 42.7 Å². The summed E-state index contributed by atoms with van der Waals surface area (Å²) in [6, 6.07) is 8.02. The van der Waals surface area contributed by atoms with E-state index in [0.29, 0.717) is 34.3 Å². The zero-order valence-corrected chi connectivity index (χ0v) is 17.6. The fraction of sp³-hybridized carbons (Fsp3) is 0.238. The highest BCUT2D eigenvalue weighted by Gasteiger charge is 2.12. The molecule has 3 rings (SSSR count). The van der Waals surface area contributed by atoms with Crippen LogP contribution in [0.3, 0.4) is 0 Å². The van der Waals surface area contributed by atoms with Crippen molar-refractivity contribution in [3.8, 4) is 23.0 Å². The summed E-state index contributed by atoms with van der Waals surface area (Å²) in [4.78, 5) is 33.3. The molecule has 2 N–H and O–H groups in total. The van der Waals surface area contributed by atoms with Gasteiger partial charge in [0.1, 0.15) is 17.3 Å². The van der Waals surface area contributed by atoms with Crippen LogP contribution in [0, 0.1) is 0 Å². The number of nitrogens with one attached hydrogen (secondary N) is 2. The molecule has 0 aliphatic rings. The van der Waals surface area contributed by atoms with Crippen molar-refractivity contribution >= 4 is 28.7 Å². The highest BCUT2D eigenvalue weighted by Crippen LogP contribution is 2.36. The Kier molecular flexibility index (Phi) is 6.71. The maximum atomic E-state index is 11.9. The van der Waals surface area contributed by atoms with E-state index < -0.39 is 6.03 Å². The van der Waals surface area contributed by atoms with Gasteiger partial charge in [-0.25, -0.2) is 9.78 Å². The first-order valence-corrected chi connectivity index (χ1v) is 9.31. The van der Waals surface area contributed by atoms with Crippen LogP contribution in [-0.2, 0) is 4.79 Å². The van der Waals surface area contributed by atoms with Crippen molar-refractivity contribution in [3.63, 3.8) is 0 Å². The van der Waals surface area contributed by atoms with Crippen molar-refractivity contribution in [1.82, 2.24) is 20.2 Å². The average molecular weight is 425 g/mol. The lowest BCUT2D eigenvalue weighted by Crippen LogP contribution is -2.38. The molecule has 1 aromatic carbocycles. The number of hydrogen-bond donors (Lipinski definition) is 2. The van der Waals surface area contributed by atoms with E-state index in [9.17, 15) is 9.59 Å². The summed E-state index contributed by atoms with van der Waals surface area (Å²) in [5.74, 6) is 2.26. The van der Waals surface area contributed by atoms with Crippen LogP contribution >= 0.6 is 0 Å². The predicted molar refractivity (Wildman–Crippen MR) is 115 cm³/mol. The highest BCUT2D eigenvalue weighted by molar-refractivity contribution is 5.91. The van der Waals surface area contributed by atoms with Crippen LogP contribution in [0.1, 0.15) is 0 Å². The summed E-state index contributed by atoms with van der Waals surface area (Å²) >= 11 is 0. The summed E-state index contributed by atoms with van der Waals surface area (Å²) in [6.07, 6.45) is 3.11. The Morgan fingerprint density at radius 2 is 1.74 bits per heavy atom. The van der Waals surface area contributed by atoms with Crippen molar-refractivity contribution in [2.45, 2.75) is 0 Å². The molecule has 2 heterocycles. The van der Waals surface area contributed by atoms with Crippen LogP contribution in [0.4, 0.5) is 10.6 Å². The van der Waals surface area contributed by atoms with Gasteiger partial charge in [0.2, 0.25) is 5.91 Å². The summed E-state index contributed by atoms with van der Waals surface area (Å²) in [5.41, 5.74) is 0.685. The minimum atomic E-state index is -0.530. The number of amides is 3. The fourth-order valence-electron chi connectivity index (χ4n) is 2.65. The Labute approximate surface area is 179 Å². The highest BCUT2D eigenvalue weighted by atomic mass is 16.5. The molecule has 0 fully saturated rings. The number of pyridine rings is 2. The van der Waals surface area contributed by atoms with Gasteiger partial charge in [0.15, 0.2) is 11.5 Å². The van der Waals surface area contributed by atoms with Crippen molar-refractivity contribution in [1.29, 1.82) is 0 Å². The number of anilines is 1. The number of likely N-dealkylation sites (N-methyl/N-ethyl adjacent to an activating group) is 1. The number of urea groups is 1. The second kappa shape index (κ2) is 9.61. The molecule has 0 unspecified atom stereocenters. The Morgan fingerprint density at radius 1 is 1.00 bits per heavy atom. The van der Waals surface area contributed by atoms with Gasteiger partial charge < -0.3 is 24.4 Å². The van der Waals surface area contributed by atoms with Crippen molar-refractivity contribution < 1.29 is 23.8 Å². The molecule has 2 aromatic heterocycles. The van der Waals surface area contributed by atoms with Crippen LogP contribution in [0.5, 0.6) is 23.0 Å². The van der Waals surface area contributed by atoms with Crippen LogP contribution in [-0.4, -0.2) is 61.7 Å². The summed E-state index contributed by atoms with van der Waals surface area (Å²) < 4.78 is 16.6. The Bertz CT molecular complexity index is 1090. The van der Waals surface area contributed by atoms with Gasteiger partial charge in [-0.15, -0.1) is 0 Å². The van der Waals surface area contributed by atoms with Crippen molar-refractivity contribution in [2.24, 2.45) is 0 Å². The zero-order chi connectivity index (χ0) is 22.4. The lowest BCUT2D eigenvalue weighted by molar-refractivity contribution is -0.127. The van der Waals surface area contributed by atoms with Crippen LogP contribution in [0.15, 0.2) is 42.7 Å². The Balaban J connectivity index is 1.70. The summed E-state index contributed by atoms with van der Waals surface area (Å²) in [7, 11) is 6.34. The van der Waals surface area contributed by atoms with Crippen molar-refractivity contribution in [2.75, 3.05) is 40.2 Å². The lowest BCUT2D eigenvalue weighted by Gasteiger charge is -2.13. The number of nitrogens with zero attached hydrogens (tertiary/aromatic N) is 3. The van der Waals surface area contributed by atoms with E-state index in [1.807, 2.05) is 0 Å². The molecule has 0 aliphatic carbocycles. The maximum Gasteiger partial charge on any atom is 0.320 e. The number of carbonyl (C=O) groups is 2. The molecule has 0 saturated carbocycles. The average Bonchev–Trinajstić information content (AvgIpc) is 2.77. The first kappa shape index (κ1) is 21.6. The van der Waals surface area contributed by atoms with E-state index in [-0.39, 0.29) is 12.5 Å². The molecule has 0 atom stereocenters. The normalized spacial score (nSPS) is 10.3. The molecule has 3 aromatic rings. The number of benzene rings is 1. The third kappa shape index (κ3) is 5.30. The van der Waals surface area contributed by atoms with Crippen LogP contribution < -0.4 is 24.8 Å². The molecule has 10 nitrogen and oxygen atoms in total. The van der Waals surface area contributed by atoms with E-state index >= 15 is 0 Å². The van der Waals surface area contributed by atoms with E-state index in [1.54, 1.807) is 64.8 Å². The molecule has 0 aliphatic heterocycles. The predicted octanol–water partition coefficient (Wildman–Crippen LogP) is 2.65. The second-order valence-corrected chi connectivity index (χ2v) is 6.61. The molecule has 3 amide bonds. The largest absolute Gasteiger partial charge is 0.493 e. The Hall–Kier alpha value is -4.08. The van der Waals surface area contributed by atoms with E-state index in [2.05, 4.69) is 20.6 Å². The van der Waals surface area contributed by atoms with E-state index in [4.69, 9.17) is 14.2 Å². The minimum Gasteiger partial charge on any atom is -0.493 e. The van der Waals surface area contributed by atoms with Crippen LogP contribution in [0.2, 0.25) is 0 Å². The van der Waals surface area contributed by atoms with Gasteiger partial charge in [0.05, 0.1) is 32.5 Å². The number of hydrogen-bond acceptors (Lipinski definition) is 7. The molecule has 0 saturated heterocycles. The van der Waals surface area contributed by atoms with Gasteiger partial charge in [0, 0.05) is 31.7 Å². The van der Waals surface area contributed by atoms with Crippen LogP contribution in [0.25, 0.3) is 10.9 Å². The topological polar surface area (TPSA) is 115 Å².